The van der Waals surface area contributed by atoms with Gasteiger partial charge in [-0.1, -0.05) is 0 Å². The molecule has 0 aromatic carbocycles. The minimum absolute atomic E-state index is 0.152. The number of pyridine rings is 1. The molecule has 0 saturated heterocycles. The van der Waals surface area contributed by atoms with Crippen LogP contribution < -0.4 is 5.32 Å². The van der Waals surface area contributed by atoms with E-state index >= 15 is 0 Å². The van der Waals surface area contributed by atoms with Crippen molar-refractivity contribution in [2.24, 2.45) is 4.99 Å². The Morgan fingerprint density at radius 2 is 2.13 bits per heavy atom. The first-order valence-electron chi connectivity index (χ1n) is 4.17. The summed E-state index contributed by atoms with van der Waals surface area (Å²) in [4.78, 5) is 7.83. The molecule has 77 valence electrons. The summed E-state index contributed by atoms with van der Waals surface area (Å²) in [6, 6.07) is 3.55. The zero-order valence-corrected chi connectivity index (χ0v) is 8.77. The summed E-state index contributed by atoms with van der Waals surface area (Å²) in [5.41, 5.74) is 1.27. The minimum atomic E-state index is -3.33. The predicted molar refractivity (Wildman–Crippen MR) is 56.6 cm³/mol. The zero-order valence-electron chi connectivity index (χ0n) is 7.95. The summed E-state index contributed by atoms with van der Waals surface area (Å²) in [6.07, 6.45) is 5.75. The maximum absolute atomic E-state index is 11.1. The predicted octanol–water partition coefficient (Wildman–Crippen LogP) is 0.399. The molecular weight excluding hydrogens is 214 g/mol. The smallest absolute Gasteiger partial charge is 0.247 e. The zero-order chi connectivity index (χ0) is 10.9. The van der Waals surface area contributed by atoms with Gasteiger partial charge < -0.3 is 0 Å². The van der Waals surface area contributed by atoms with Crippen molar-refractivity contribution in [2.45, 2.75) is 0 Å². The molecule has 2 rings (SSSR count). The minimum Gasteiger partial charge on any atom is -0.264 e. The van der Waals surface area contributed by atoms with Gasteiger partial charge in [0.15, 0.2) is 0 Å². The van der Waals surface area contributed by atoms with Gasteiger partial charge in [0, 0.05) is 24.2 Å². The first-order valence-corrected chi connectivity index (χ1v) is 6.07. The van der Waals surface area contributed by atoms with Crippen LogP contribution in [-0.4, -0.2) is 24.8 Å². The molecule has 1 aromatic rings. The molecule has 0 unspecified atom stereocenters. The van der Waals surface area contributed by atoms with Crippen LogP contribution in [0.3, 0.4) is 0 Å². The van der Waals surface area contributed by atoms with Gasteiger partial charge in [0.2, 0.25) is 15.0 Å². The molecule has 0 fully saturated rings. The van der Waals surface area contributed by atoms with Crippen molar-refractivity contribution in [1.82, 2.24) is 10.3 Å². The highest BCUT2D eigenvalue weighted by molar-refractivity contribution is 8.05. The summed E-state index contributed by atoms with van der Waals surface area (Å²) in [7, 11) is -3.33. The fourth-order valence-corrected chi connectivity index (χ4v) is 1.62. The normalized spacial score (nSPS) is 15.5. The average Bonchev–Trinajstić information content (AvgIpc) is 2.67. The third kappa shape index (κ3) is 2.04. The second kappa shape index (κ2) is 3.47. The molecule has 1 aromatic heterocycles. The highest BCUT2D eigenvalue weighted by atomic mass is 32.2. The van der Waals surface area contributed by atoms with Crippen LogP contribution in [0.4, 0.5) is 0 Å². The van der Waals surface area contributed by atoms with Gasteiger partial charge in [-0.2, -0.15) is 0 Å². The van der Waals surface area contributed by atoms with Gasteiger partial charge in [-0.15, -0.1) is 0 Å². The second-order valence-electron chi connectivity index (χ2n) is 3.05. The maximum atomic E-state index is 11.1. The van der Waals surface area contributed by atoms with Crippen LogP contribution >= 0.6 is 0 Å². The van der Waals surface area contributed by atoms with Crippen molar-refractivity contribution >= 4 is 20.7 Å². The fourth-order valence-electron chi connectivity index (χ4n) is 1.11. The van der Waals surface area contributed by atoms with Gasteiger partial charge in [0.25, 0.3) is 0 Å². The first kappa shape index (κ1) is 9.85. The van der Waals surface area contributed by atoms with Gasteiger partial charge in [0.1, 0.15) is 0 Å². The molecular formula is C9H8N3O2S. The van der Waals surface area contributed by atoms with Crippen LogP contribution in [0.25, 0.3) is 5.70 Å². The topological polar surface area (TPSA) is 73.5 Å². The summed E-state index contributed by atoms with van der Waals surface area (Å²) in [5.74, 6) is 0. The molecule has 1 aliphatic rings. The van der Waals surface area contributed by atoms with Crippen molar-refractivity contribution in [2.75, 3.05) is 6.26 Å². The Labute approximate surface area is 87.5 Å². The third-order valence-corrected chi connectivity index (χ3v) is 2.66. The Balaban J connectivity index is 2.34. The number of rotatable bonds is 1. The van der Waals surface area contributed by atoms with Crippen LogP contribution in [0.1, 0.15) is 5.56 Å². The summed E-state index contributed by atoms with van der Waals surface area (Å²) < 4.78 is 22.3. The average molecular weight is 222 g/mol. The lowest BCUT2D eigenvalue weighted by Gasteiger charge is -1.95. The molecule has 6 heteroatoms. The lowest BCUT2D eigenvalue weighted by molar-refractivity contribution is 0.611. The van der Waals surface area contributed by atoms with Gasteiger partial charge in [0.05, 0.1) is 11.9 Å². The largest absolute Gasteiger partial charge is 0.264 e. The second-order valence-corrected chi connectivity index (χ2v) is 4.96. The molecule has 0 saturated carbocycles. The maximum Gasteiger partial charge on any atom is 0.247 e. The fraction of sp³-hybridized carbons (Fsp3) is 0.111. The van der Waals surface area contributed by atoms with Crippen LogP contribution in [0.5, 0.6) is 0 Å². The van der Waals surface area contributed by atoms with Gasteiger partial charge in [-0.05, 0) is 12.1 Å². The first-order chi connectivity index (χ1) is 7.07. The quantitative estimate of drug-likeness (QED) is 0.690. The highest BCUT2D eigenvalue weighted by Gasteiger charge is 2.20. The number of hydrogen-bond donors (Lipinski definition) is 0. The summed E-state index contributed by atoms with van der Waals surface area (Å²) in [6.45, 7) is 0. The van der Waals surface area contributed by atoms with E-state index in [0.717, 1.165) is 11.8 Å². The molecule has 0 spiro atoms. The molecule has 1 radical (unpaired) electrons. The number of aliphatic imine (C=N–C) groups is 1. The van der Waals surface area contributed by atoms with E-state index in [2.05, 4.69) is 15.3 Å². The Morgan fingerprint density at radius 1 is 1.33 bits per heavy atom. The van der Waals surface area contributed by atoms with Gasteiger partial charge in [-0.25, -0.2) is 18.7 Å². The van der Waals surface area contributed by atoms with E-state index in [9.17, 15) is 8.42 Å². The molecule has 2 heterocycles. The Morgan fingerprint density at radius 3 is 2.67 bits per heavy atom. The van der Waals surface area contributed by atoms with Gasteiger partial charge >= 0.3 is 0 Å². The lowest BCUT2D eigenvalue weighted by atomic mass is 10.2. The van der Waals surface area contributed by atoms with Gasteiger partial charge in [-0.3, -0.25) is 4.98 Å². The van der Waals surface area contributed by atoms with E-state index in [-0.39, 0.29) is 5.17 Å². The highest BCUT2D eigenvalue weighted by Crippen LogP contribution is 2.18. The number of sulfone groups is 1. The van der Waals surface area contributed by atoms with E-state index in [4.69, 9.17) is 0 Å². The van der Waals surface area contributed by atoms with E-state index < -0.39 is 9.84 Å². The molecule has 0 atom stereocenters. The molecule has 0 amide bonds. The van der Waals surface area contributed by atoms with Crippen molar-refractivity contribution in [3.8, 4) is 0 Å². The molecule has 0 bridgehead atoms. The Kier molecular flexibility index (Phi) is 2.28. The molecule has 1 aliphatic heterocycles. The van der Waals surface area contributed by atoms with Crippen molar-refractivity contribution in [1.29, 1.82) is 0 Å². The Bertz CT molecular complexity index is 532. The third-order valence-electron chi connectivity index (χ3n) is 1.80. The van der Waals surface area contributed by atoms with Crippen LogP contribution in [0, 0.1) is 0 Å². The number of amidine groups is 1. The van der Waals surface area contributed by atoms with Crippen molar-refractivity contribution < 1.29 is 8.42 Å². The van der Waals surface area contributed by atoms with Crippen LogP contribution in [0.15, 0.2) is 35.7 Å². The molecule has 5 nitrogen and oxygen atoms in total. The van der Waals surface area contributed by atoms with E-state index in [1.165, 1.54) is 6.20 Å². The number of hydrogen-bond acceptors (Lipinski definition) is 4. The van der Waals surface area contributed by atoms with E-state index in [1.807, 2.05) is 0 Å². The number of aromatic nitrogens is 1. The van der Waals surface area contributed by atoms with Crippen LogP contribution in [0.2, 0.25) is 0 Å². The van der Waals surface area contributed by atoms with Crippen molar-refractivity contribution in [3.05, 3.63) is 36.3 Å². The monoisotopic (exact) mass is 222 g/mol. The SMILES string of the molecule is CS(=O)(=O)C1=NC(c2cccnc2)=C[N]1. The lowest BCUT2D eigenvalue weighted by Crippen LogP contribution is -2.17. The summed E-state index contributed by atoms with van der Waals surface area (Å²) >= 11 is 0. The van der Waals surface area contributed by atoms with Crippen LogP contribution in [-0.2, 0) is 9.84 Å². The molecule has 15 heavy (non-hydrogen) atoms. The molecule has 0 aliphatic carbocycles. The van der Waals surface area contributed by atoms with E-state index in [1.54, 1.807) is 24.5 Å². The standard InChI is InChI=1S/C9H8N3O2S/c1-15(13,14)9-11-6-8(12-9)7-3-2-4-10-5-7/h2-6H,1H3. The molecule has 0 N–H and O–H groups in total. The number of nitrogens with zero attached hydrogens (tertiary/aromatic N) is 3. The summed E-state index contributed by atoms with van der Waals surface area (Å²) in [5, 5.41) is 3.59. The Hall–Kier alpha value is -1.69. The van der Waals surface area contributed by atoms with Crippen molar-refractivity contribution in [3.63, 3.8) is 0 Å². The van der Waals surface area contributed by atoms with E-state index in [0.29, 0.717) is 5.70 Å².